The molecule has 2 saturated carbocycles. The molecule has 1 heterocycles. The lowest BCUT2D eigenvalue weighted by atomic mass is 9.60. The number of rotatable bonds is 9. The van der Waals surface area contributed by atoms with Crippen LogP contribution in [-0.4, -0.2) is 42.3 Å². The predicted molar refractivity (Wildman–Crippen MR) is 105 cm³/mol. The molecular formula is C20H31N3O3S. The van der Waals surface area contributed by atoms with Crippen LogP contribution < -0.4 is 5.32 Å². The fourth-order valence-corrected chi connectivity index (χ4v) is 6.27. The summed E-state index contributed by atoms with van der Waals surface area (Å²) in [5.41, 5.74) is 1.26. The fourth-order valence-electron chi connectivity index (χ4n) is 4.52. The Balaban J connectivity index is 1.59. The minimum Gasteiger partial charge on any atom is -0.351 e. The van der Waals surface area contributed by atoms with E-state index in [1.807, 2.05) is 13.8 Å². The average Bonchev–Trinajstić information content (AvgIpc) is 3.34. The molecule has 27 heavy (non-hydrogen) atoms. The van der Waals surface area contributed by atoms with Gasteiger partial charge >= 0.3 is 0 Å². The summed E-state index contributed by atoms with van der Waals surface area (Å²) in [6, 6.07) is 0. The highest BCUT2D eigenvalue weighted by Crippen LogP contribution is 2.53. The van der Waals surface area contributed by atoms with E-state index in [0.717, 1.165) is 25.2 Å². The van der Waals surface area contributed by atoms with E-state index >= 15 is 0 Å². The van der Waals surface area contributed by atoms with E-state index < -0.39 is 9.84 Å². The van der Waals surface area contributed by atoms with Crippen LogP contribution in [0.25, 0.3) is 0 Å². The summed E-state index contributed by atoms with van der Waals surface area (Å²) in [4.78, 5) is 21.0. The average molecular weight is 394 g/mol. The van der Waals surface area contributed by atoms with Gasteiger partial charge in [0.1, 0.15) is 5.82 Å². The molecule has 1 amide bonds. The molecule has 3 rings (SSSR count). The molecule has 0 atom stereocenters. The van der Waals surface area contributed by atoms with Crippen LogP contribution in [0, 0.1) is 31.1 Å². The van der Waals surface area contributed by atoms with Crippen molar-refractivity contribution in [2.45, 2.75) is 59.3 Å². The molecule has 0 unspecified atom stereocenters. The van der Waals surface area contributed by atoms with Gasteiger partial charge in [0.05, 0.1) is 17.0 Å². The Morgan fingerprint density at radius 2 is 1.96 bits per heavy atom. The first-order valence-corrected chi connectivity index (χ1v) is 11.8. The van der Waals surface area contributed by atoms with Gasteiger partial charge < -0.3 is 5.32 Å². The zero-order valence-electron chi connectivity index (χ0n) is 16.6. The van der Waals surface area contributed by atoms with Crippen LogP contribution in [0.5, 0.6) is 0 Å². The molecule has 0 bridgehead atoms. The molecule has 2 aliphatic rings. The molecule has 150 valence electrons. The Kier molecular flexibility index (Phi) is 5.89. The molecule has 6 nitrogen and oxygen atoms in total. The quantitative estimate of drug-likeness (QED) is 0.697. The van der Waals surface area contributed by atoms with Crippen molar-refractivity contribution in [1.82, 2.24) is 15.3 Å². The summed E-state index contributed by atoms with van der Waals surface area (Å²) < 4.78 is 24.2. The van der Waals surface area contributed by atoms with Crippen LogP contribution in [-0.2, 0) is 9.84 Å². The minimum absolute atomic E-state index is 0.0582. The topological polar surface area (TPSA) is 89.0 Å². The van der Waals surface area contributed by atoms with E-state index in [4.69, 9.17) is 0 Å². The Morgan fingerprint density at radius 3 is 2.56 bits per heavy atom. The van der Waals surface area contributed by atoms with Gasteiger partial charge in [0, 0.05) is 18.5 Å². The number of carbonyl (C=O) groups is 1. The van der Waals surface area contributed by atoms with Crippen molar-refractivity contribution in [3.63, 3.8) is 0 Å². The lowest BCUT2D eigenvalue weighted by Gasteiger charge is -2.48. The van der Waals surface area contributed by atoms with Gasteiger partial charge in [-0.1, -0.05) is 19.8 Å². The van der Waals surface area contributed by atoms with Gasteiger partial charge in [-0.2, -0.15) is 0 Å². The maximum Gasteiger partial charge on any atom is 0.254 e. The predicted octanol–water partition coefficient (Wildman–Crippen LogP) is 2.84. The van der Waals surface area contributed by atoms with Gasteiger partial charge in [-0.25, -0.2) is 18.4 Å². The van der Waals surface area contributed by atoms with Crippen molar-refractivity contribution in [1.29, 1.82) is 0 Å². The van der Waals surface area contributed by atoms with Gasteiger partial charge in [0.15, 0.2) is 9.84 Å². The minimum atomic E-state index is -2.94. The van der Waals surface area contributed by atoms with E-state index in [2.05, 4.69) is 15.3 Å². The van der Waals surface area contributed by atoms with Crippen LogP contribution in [0.2, 0.25) is 0 Å². The highest BCUT2D eigenvalue weighted by Gasteiger charge is 2.48. The van der Waals surface area contributed by atoms with Crippen molar-refractivity contribution in [3.8, 4) is 0 Å². The van der Waals surface area contributed by atoms with Crippen LogP contribution in [0.4, 0.5) is 0 Å². The number of aryl methyl sites for hydroxylation is 2. The zero-order valence-corrected chi connectivity index (χ0v) is 17.4. The number of nitrogens with one attached hydrogen (secondary N) is 1. The maximum absolute atomic E-state index is 12.6. The molecule has 0 spiro atoms. The number of aromatic nitrogens is 2. The molecule has 2 fully saturated rings. The summed E-state index contributed by atoms with van der Waals surface area (Å²) in [6.07, 6.45) is 7.68. The lowest BCUT2D eigenvalue weighted by Crippen LogP contribution is -2.48. The van der Waals surface area contributed by atoms with Crippen molar-refractivity contribution < 1.29 is 13.2 Å². The zero-order chi connectivity index (χ0) is 19.7. The molecule has 7 heteroatoms. The van der Waals surface area contributed by atoms with E-state index in [-0.39, 0.29) is 23.0 Å². The largest absolute Gasteiger partial charge is 0.351 e. The second-order valence-corrected chi connectivity index (χ2v) is 10.9. The number of hydrogen-bond acceptors (Lipinski definition) is 5. The molecule has 1 N–H and O–H groups in total. The SMILES string of the molecule is CCCS(=O)(=O)CC1CC(CNC(=O)c2cnc(C)nc2C)(CC2CC2)C1. The first kappa shape index (κ1) is 20.2. The maximum atomic E-state index is 12.6. The highest BCUT2D eigenvalue weighted by molar-refractivity contribution is 7.91. The third-order valence-electron chi connectivity index (χ3n) is 5.84. The summed E-state index contributed by atoms with van der Waals surface area (Å²) in [5.74, 6) is 2.09. The number of hydrogen-bond donors (Lipinski definition) is 1. The summed E-state index contributed by atoms with van der Waals surface area (Å²) in [7, 11) is -2.94. The van der Waals surface area contributed by atoms with Gasteiger partial charge in [0.25, 0.3) is 5.91 Å². The number of nitrogens with zero attached hydrogens (tertiary/aromatic N) is 2. The molecule has 1 aromatic rings. The van der Waals surface area contributed by atoms with Crippen LogP contribution >= 0.6 is 0 Å². The van der Waals surface area contributed by atoms with E-state index in [9.17, 15) is 13.2 Å². The molecular weight excluding hydrogens is 362 g/mol. The van der Waals surface area contributed by atoms with Gasteiger partial charge in [-0.3, -0.25) is 4.79 Å². The monoisotopic (exact) mass is 393 g/mol. The third kappa shape index (κ3) is 5.27. The van der Waals surface area contributed by atoms with Crippen LogP contribution in [0.15, 0.2) is 6.20 Å². The summed E-state index contributed by atoms with van der Waals surface area (Å²) in [5, 5.41) is 3.08. The molecule has 0 saturated heterocycles. The normalized spacial score (nSPS) is 25.1. The van der Waals surface area contributed by atoms with E-state index in [0.29, 0.717) is 35.8 Å². The first-order valence-electron chi connectivity index (χ1n) is 10.0. The number of sulfone groups is 1. The van der Waals surface area contributed by atoms with Gasteiger partial charge in [0.2, 0.25) is 0 Å². The first-order chi connectivity index (χ1) is 12.7. The molecule has 2 aliphatic carbocycles. The second kappa shape index (κ2) is 7.86. The summed E-state index contributed by atoms with van der Waals surface area (Å²) >= 11 is 0. The molecule has 0 aliphatic heterocycles. The van der Waals surface area contributed by atoms with Crippen molar-refractivity contribution >= 4 is 15.7 Å². The third-order valence-corrected chi connectivity index (χ3v) is 7.84. The molecule has 0 aromatic carbocycles. The van der Waals surface area contributed by atoms with Crippen molar-refractivity contribution in [3.05, 3.63) is 23.3 Å². The Labute approximate surface area is 162 Å². The van der Waals surface area contributed by atoms with Crippen LogP contribution in [0.1, 0.15) is 67.3 Å². The number of carbonyl (C=O) groups excluding carboxylic acids is 1. The fraction of sp³-hybridized carbons (Fsp3) is 0.750. The smallest absolute Gasteiger partial charge is 0.254 e. The summed E-state index contributed by atoms with van der Waals surface area (Å²) in [6.45, 7) is 6.14. The van der Waals surface area contributed by atoms with E-state index in [1.54, 1.807) is 13.1 Å². The standard InChI is InChI=1S/C20H31N3O3S/c1-4-7-27(25,26)12-17-9-20(10-17,8-16-5-6-16)13-22-19(24)18-11-21-15(3)23-14(18)2/h11,16-17H,4-10,12-13H2,1-3H3,(H,22,24). The molecule has 1 aromatic heterocycles. The highest BCUT2D eigenvalue weighted by atomic mass is 32.2. The number of amides is 1. The Bertz CT molecular complexity index is 797. The Hall–Kier alpha value is -1.50. The van der Waals surface area contributed by atoms with E-state index in [1.165, 1.54) is 12.8 Å². The van der Waals surface area contributed by atoms with Crippen molar-refractivity contribution in [2.24, 2.45) is 17.3 Å². The van der Waals surface area contributed by atoms with Gasteiger partial charge in [-0.15, -0.1) is 0 Å². The van der Waals surface area contributed by atoms with Gasteiger partial charge in [-0.05, 0) is 56.8 Å². The lowest BCUT2D eigenvalue weighted by molar-refractivity contribution is 0.0475. The Morgan fingerprint density at radius 1 is 1.26 bits per heavy atom. The second-order valence-electron chi connectivity index (χ2n) is 8.64. The van der Waals surface area contributed by atoms with Crippen LogP contribution in [0.3, 0.4) is 0 Å². The van der Waals surface area contributed by atoms with Crippen molar-refractivity contribution in [2.75, 3.05) is 18.1 Å². The molecule has 0 radical (unpaired) electrons.